The van der Waals surface area contributed by atoms with Crippen LogP contribution in [0.1, 0.15) is 94.0 Å². The predicted octanol–water partition coefficient (Wildman–Crippen LogP) is 6.45. The van der Waals surface area contributed by atoms with Crippen LogP contribution in [-0.2, 0) is 9.59 Å². The standard InChI is InChI=1S/C30H40ClN3O5/c1-3-5-6-7-8-9-10-11-12-13-28(35)32-22-29(36)34-33-21-23-14-19-26(27(20-23)38-4-2)39-30(37)24-15-17-25(31)18-16-24/h14-21H,3-13,22H2,1-2H3,(H,32,35)(H,34,36)/b33-21-. The maximum Gasteiger partial charge on any atom is 0.343 e. The highest BCUT2D eigenvalue weighted by Gasteiger charge is 2.13. The number of rotatable bonds is 18. The number of nitrogens with zero attached hydrogens (tertiary/aromatic N) is 1. The lowest BCUT2D eigenvalue weighted by Gasteiger charge is -2.11. The van der Waals surface area contributed by atoms with Crippen molar-refractivity contribution in [1.29, 1.82) is 0 Å². The maximum atomic E-state index is 12.4. The molecule has 0 fully saturated rings. The highest BCUT2D eigenvalue weighted by Crippen LogP contribution is 2.29. The first-order valence-electron chi connectivity index (χ1n) is 13.8. The number of carbonyl (C=O) groups excluding carboxylic acids is 3. The van der Waals surface area contributed by atoms with E-state index in [1.54, 1.807) is 42.5 Å². The maximum absolute atomic E-state index is 12.4. The summed E-state index contributed by atoms with van der Waals surface area (Å²) < 4.78 is 11.1. The Kier molecular flexibility index (Phi) is 15.3. The van der Waals surface area contributed by atoms with Gasteiger partial charge < -0.3 is 14.8 Å². The summed E-state index contributed by atoms with van der Waals surface area (Å²) >= 11 is 5.87. The number of carbonyl (C=O) groups is 3. The molecule has 0 saturated heterocycles. The number of benzene rings is 2. The minimum absolute atomic E-state index is 0.137. The fourth-order valence-corrected chi connectivity index (χ4v) is 3.91. The Morgan fingerprint density at radius 3 is 2.18 bits per heavy atom. The minimum atomic E-state index is -0.541. The average molecular weight is 558 g/mol. The summed E-state index contributed by atoms with van der Waals surface area (Å²) in [5.74, 6) is -0.486. The summed E-state index contributed by atoms with van der Waals surface area (Å²) in [5.41, 5.74) is 3.38. The summed E-state index contributed by atoms with van der Waals surface area (Å²) in [6, 6.07) is 11.3. The van der Waals surface area contributed by atoms with Crippen molar-refractivity contribution in [2.75, 3.05) is 13.2 Å². The molecule has 2 N–H and O–H groups in total. The zero-order valence-electron chi connectivity index (χ0n) is 23.0. The quantitative estimate of drug-likeness (QED) is 0.0720. The SMILES string of the molecule is CCCCCCCCCCCC(=O)NCC(=O)N/N=C\c1ccc(OC(=O)c2ccc(Cl)cc2)c(OCC)c1. The van der Waals surface area contributed by atoms with Crippen LogP contribution in [0.15, 0.2) is 47.6 Å². The summed E-state index contributed by atoms with van der Waals surface area (Å²) in [4.78, 5) is 36.4. The van der Waals surface area contributed by atoms with Crippen molar-refractivity contribution in [3.63, 3.8) is 0 Å². The van der Waals surface area contributed by atoms with Crippen molar-refractivity contribution in [3.8, 4) is 11.5 Å². The third kappa shape index (κ3) is 13.3. The molecule has 39 heavy (non-hydrogen) atoms. The van der Waals surface area contributed by atoms with E-state index < -0.39 is 11.9 Å². The molecule has 2 amide bonds. The van der Waals surface area contributed by atoms with Crippen LogP contribution in [0.3, 0.4) is 0 Å². The number of nitrogens with one attached hydrogen (secondary N) is 2. The van der Waals surface area contributed by atoms with Crippen molar-refractivity contribution >= 4 is 35.6 Å². The van der Waals surface area contributed by atoms with Crippen LogP contribution in [-0.4, -0.2) is 37.1 Å². The fraction of sp³-hybridized carbons (Fsp3) is 0.467. The summed E-state index contributed by atoms with van der Waals surface area (Å²) in [6.07, 6.45) is 12.5. The average Bonchev–Trinajstić information content (AvgIpc) is 2.93. The monoisotopic (exact) mass is 557 g/mol. The molecule has 0 aliphatic carbocycles. The first-order chi connectivity index (χ1) is 18.9. The Balaban J connectivity index is 1.72. The molecule has 0 bridgehead atoms. The summed E-state index contributed by atoms with van der Waals surface area (Å²) in [7, 11) is 0. The van der Waals surface area contributed by atoms with E-state index >= 15 is 0 Å². The molecular formula is C30H40ClN3O5. The van der Waals surface area contributed by atoms with Crippen LogP contribution in [0.5, 0.6) is 11.5 Å². The number of hydrogen-bond acceptors (Lipinski definition) is 6. The Morgan fingerprint density at radius 2 is 1.51 bits per heavy atom. The largest absolute Gasteiger partial charge is 0.490 e. The number of hydrazone groups is 1. The molecule has 0 spiro atoms. The molecule has 2 rings (SSSR count). The lowest BCUT2D eigenvalue weighted by atomic mass is 10.1. The van der Waals surface area contributed by atoms with Gasteiger partial charge in [0.05, 0.1) is 24.9 Å². The van der Waals surface area contributed by atoms with Crippen LogP contribution in [0.25, 0.3) is 0 Å². The normalized spacial score (nSPS) is 10.8. The number of unbranched alkanes of at least 4 members (excludes halogenated alkanes) is 8. The molecule has 0 heterocycles. The third-order valence-electron chi connectivity index (χ3n) is 5.91. The Morgan fingerprint density at radius 1 is 0.846 bits per heavy atom. The van der Waals surface area contributed by atoms with Gasteiger partial charge in [-0.25, -0.2) is 10.2 Å². The highest BCUT2D eigenvalue weighted by molar-refractivity contribution is 6.30. The van der Waals surface area contributed by atoms with Crippen molar-refractivity contribution in [2.24, 2.45) is 5.10 Å². The molecule has 0 aliphatic heterocycles. The van der Waals surface area contributed by atoms with E-state index in [1.807, 2.05) is 6.92 Å². The second-order valence-electron chi connectivity index (χ2n) is 9.18. The van der Waals surface area contributed by atoms with Crippen LogP contribution in [0.4, 0.5) is 0 Å². The van der Waals surface area contributed by atoms with E-state index in [0.717, 1.165) is 19.3 Å². The second-order valence-corrected chi connectivity index (χ2v) is 9.62. The zero-order chi connectivity index (χ0) is 28.3. The molecule has 0 unspecified atom stereocenters. The van der Waals surface area contributed by atoms with Crippen LogP contribution in [0, 0.1) is 0 Å². The zero-order valence-corrected chi connectivity index (χ0v) is 23.7. The van der Waals surface area contributed by atoms with Gasteiger partial charge in [0.15, 0.2) is 11.5 Å². The van der Waals surface area contributed by atoms with Gasteiger partial charge in [-0.15, -0.1) is 0 Å². The molecule has 212 valence electrons. The van der Waals surface area contributed by atoms with E-state index in [9.17, 15) is 14.4 Å². The molecule has 8 nitrogen and oxygen atoms in total. The molecular weight excluding hydrogens is 518 g/mol. The highest BCUT2D eigenvalue weighted by atomic mass is 35.5. The Hall–Kier alpha value is -3.39. The fourth-order valence-electron chi connectivity index (χ4n) is 3.78. The van der Waals surface area contributed by atoms with E-state index in [1.165, 1.54) is 44.7 Å². The smallest absolute Gasteiger partial charge is 0.343 e. The van der Waals surface area contributed by atoms with Gasteiger partial charge in [0.25, 0.3) is 5.91 Å². The molecule has 2 aromatic carbocycles. The van der Waals surface area contributed by atoms with Gasteiger partial charge in [0.2, 0.25) is 5.91 Å². The minimum Gasteiger partial charge on any atom is -0.490 e. The first kappa shape index (κ1) is 31.8. The van der Waals surface area contributed by atoms with Crippen LogP contribution >= 0.6 is 11.6 Å². The van der Waals surface area contributed by atoms with Crippen molar-refractivity contribution in [3.05, 3.63) is 58.6 Å². The lowest BCUT2D eigenvalue weighted by molar-refractivity contribution is -0.126. The van der Waals surface area contributed by atoms with Gasteiger partial charge in [0, 0.05) is 11.4 Å². The van der Waals surface area contributed by atoms with Crippen molar-refractivity contribution in [2.45, 2.75) is 78.1 Å². The number of amides is 2. The Bertz CT molecular complexity index is 1070. The molecule has 0 atom stereocenters. The number of ether oxygens (including phenoxy) is 2. The Labute approximate surface area is 236 Å². The van der Waals surface area contributed by atoms with E-state index in [4.69, 9.17) is 21.1 Å². The van der Waals surface area contributed by atoms with Crippen molar-refractivity contribution in [1.82, 2.24) is 10.7 Å². The van der Waals surface area contributed by atoms with Crippen molar-refractivity contribution < 1.29 is 23.9 Å². The summed E-state index contributed by atoms with van der Waals surface area (Å²) in [6.45, 7) is 4.25. The lowest BCUT2D eigenvalue weighted by Crippen LogP contribution is -2.34. The number of esters is 1. The molecule has 0 saturated carbocycles. The first-order valence-corrected chi connectivity index (χ1v) is 14.1. The van der Waals surface area contributed by atoms with Gasteiger partial charge in [-0.3, -0.25) is 9.59 Å². The summed E-state index contributed by atoms with van der Waals surface area (Å²) in [5, 5.41) is 7.08. The molecule has 2 aromatic rings. The molecule has 0 aliphatic rings. The van der Waals surface area contributed by atoms with Gasteiger partial charge >= 0.3 is 5.97 Å². The van der Waals surface area contributed by atoms with E-state index in [2.05, 4.69) is 22.8 Å². The topological polar surface area (TPSA) is 106 Å². The molecule has 9 heteroatoms. The predicted molar refractivity (Wildman–Crippen MR) is 155 cm³/mol. The second kappa shape index (κ2) is 18.8. The van der Waals surface area contributed by atoms with Gasteiger partial charge in [0.1, 0.15) is 0 Å². The number of hydrogen-bond donors (Lipinski definition) is 2. The molecule has 0 aromatic heterocycles. The van der Waals surface area contributed by atoms with Crippen LogP contribution < -0.4 is 20.2 Å². The van der Waals surface area contributed by atoms with Gasteiger partial charge in [-0.1, -0.05) is 69.9 Å². The third-order valence-corrected chi connectivity index (χ3v) is 6.16. The van der Waals surface area contributed by atoms with Gasteiger partial charge in [-0.2, -0.15) is 5.10 Å². The van der Waals surface area contributed by atoms with E-state index in [-0.39, 0.29) is 18.2 Å². The van der Waals surface area contributed by atoms with E-state index in [0.29, 0.717) is 34.9 Å². The molecule has 0 radical (unpaired) electrons. The van der Waals surface area contributed by atoms with Crippen LogP contribution in [0.2, 0.25) is 5.02 Å². The number of halogens is 1. The van der Waals surface area contributed by atoms with Gasteiger partial charge in [-0.05, 0) is 61.4 Å².